The van der Waals surface area contributed by atoms with E-state index in [0.29, 0.717) is 6.10 Å². The molecule has 0 bridgehead atoms. The van der Waals surface area contributed by atoms with Gasteiger partial charge in [0.15, 0.2) is 0 Å². The van der Waals surface area contributed by atoms with Gasteiger partial charge in [-0.2, -0.15) is 30.3 Å². The first-order valence-electron chi connectivity index (χ1n) is 5.02. The first-order chi connectivity index (χ1) is 6.45. The Balaban J connectivity index is 0.000000980. The average molecular weight is 279 g/mol. The molecular formula is C12H15BrMgO. The zero-order valence-electron chi connectivity index (χ0n) is 8.92. The van der Waals surface area contributed by atoms with Crippen molar-refractivity contribution in [3.8, 4) is 0 Å². The van der Waals surface area contributed by atoms with Crippen molar-refractivity contribution in [1.82, 2.24) is 0 Å². The van der Waals surface area contributed by atoms with Gasteiger partial charge in [-0.05, 0) is 12.8 Å². The zero-order valence-corrected chi connectivity index (χ0v) is 11.9. The molecule has 0 N–H and O–H groups in total. The predicted octanol–water partition coefficient (Wildman–Crippen LogP) is -0.431. The number of halogens is 1. The van der Waals surface area contributed by atoms with Crippen LogP contribution in [0, 0.1) is 6.07 Å². The van der Waals surface area contributed by atoms with Crippen LogP contribution in [0.2, 0.25) is 0 Å². The third-order valence-electron chi connectivity index (χ3n) is 2.56. The maximum atomic E-state index is 5.77. The number of rotatable bonds is 3. The van der Waals surface area contributed by atoms with Crippen LogP contribution >= 0.6 is 0 Å². The molecule has 1 fully saturated rings. The Hall–Kier alpha value is 0.426. The Bertz CT molecular complexity index is 247. The molecule has 1 saturated carbocycles. The molecule has 1 aromatic carbocycles. The molecule has 0 atom stereocenters. The Labute approximate surface area is 119 Å². The molecule has 0 unspecified atom stereocenters. The largest absolute Gasteiger partial charge is 2.00 e. The van der Waals surface area contributed by atoms with Gasteiger partial charge in [-0.1, -0.05) is 12.8 Å². The predicted molar refractivity (Wildman–Crippen MR) is 58.1 cm³/mol. The minimum atomic E-state index is 0. The van der Waals surface area contributed by atoms with E-state index in [0.717, 1.165) is 6.61 Å². The minimum absolute atomic E-state index is 0. The molecule has 0 aliphatic heterocycles. The zero-order chi connectivity index (χ0) is 8.93. The minimum Gasteiger partial charge on any atom is -1.00 e. The third kappa shape index (κ3) is 5.34. The van der Waals surface area contributed by atoms with E-state index in [2.05, 4.69) is 12.1 Å². The van der Waals surface area contributed by atoms with Crippen LogP contribution in [-0.2, 0) is 11.3 Å². The van der Waals surface area contributed by atoms with Crippen LogP contribution in [0.3, 0.4) is 0 Å². The second kappa shape index (κ2) is 8.56. The molecular weight excluding hydrogens is 264 g/mol. The van der Waals surface area contributed by atoms with Crippen LogP contribution in [0.5, 0.6) is 0 Å². The van der Waals surface area contributed by atoms with Crippen LogP contribution in [0.15, 0.2) is 24.3 Å². The smallest absolute Gasteiger partial charge is 1.00 e. The summed E-state index contributed by atoms with van der Waals surface area (Å²) in [4.78, 5) is 0. The fraction of sp³-hybridized carbons (Fsp3) is 0.500. The molecule has 15 heavy (non-hydrogen) atoms. The van der Waals surface area contributed by atoms with E-state index in [9.17, 15) is 0 Å². The van der Waals surface area contributed by atoms with Gasteiger partial charge >= 0.3 is 23.1 Å². The molecule has 0 spiro atoms. The van der Waals surface area contributed by atoms with Crippen molar-refractivity contribution in [2.45, 2.75) is 38.4 Å². The number of hydrogen-bond donors (Lipinski definition) is 0. The van der Waals surface area contributed by atoms with E-state index in [-0.39, 0.29) is 40.0 Å². The summed E-state index contributed by atoms with van der Waals surface area (Å²) < 4.78 is 5.77. The maximum absolute atomic E-state index is 5.77. The van der Waals surface area contributed by atoms with Gasteiger partial charge in [0, 0.05) is 6.61 Å². The molecule has 1 aromatic rings. The van der Waals surface area contributed by atoms with Gasteiger partial charge in [0.25, 0.3) is 0 Å². The van der Waals surface area contributed by atoms with E-state index in [1.807, 2.05) is 18.2 Å². The molecule has 1 aliphatic carbocycles. The monoisotopic (exact) mass is 278 g/mol. The van der Waals surface area contributed by atoms with Crippen molar-refractivity contribution < 1.29 is 21.7 Å². The summed E-state index contributed by atoms with van der Waals surface area (Å²) in [5, 5.41) is 0. The van der Waals surface area contributed by atoms with Gasteiger partial charge in [0.2, 0.25) is 0 Å². The standard InChI is InChI=1S/C12H15O.BrH.Mg/c1-2-6-11(7-3-1)10-13-12-8-4-5-9-12;;/h1-2,6-7,12H,4-5,8-10H2;1H;/q-1;;+2/p-1. The third-order valence-corrected chi connectivity index (χ3v) is 2.56. The van der Waals surface area contributed by atoms with Gasteiger partial charge in [-0.25, -0.2) is 0 Å². The van der Waals surface area contributed by atoms with Crippen molar-refractivity contribution in [3.63, 3.8) is 0 Å². The van der Waals surface area contributed by atoms with Crippen LogP contribution in [0.4, 0.5) is 0 Å². The number of hydrogen-bond acceptors (Lipinski definition) is 1. The molecule has 1 nitrogen and oxygen atoms in total. The first kappa shape index (κ1) is 15.4. The van der Waals surface area contributed by atoms with E-state index < -0.39 is 0 Å². The summed E-state index contributed by atoms with van der Waals surface area (Å²) >= 11 is 0. The van der Waals surface area contributed by atoms with Crippen molar-refractivity contribution >= 4 is 23.1 Å². The van der Waals surface area contributed by atoms with Crippen LogP contribution in [0.1, 0.15) is 31.2 Å². The SMILES string of the molecule is [Br-].[Mg+2].[c-]1cccc(COC2CCCC2)c1. The summed E-state index contributed by atoms with van der Waals surface area (Å²) in [5.41, 5.74) is 1.23. The molecule has 1 aliphatic rings. The summed E-state index contributed by atoms with van der Waals surface area (Å²) in [5.74, 6) is 0. The fourth-order valence-corrected chi connectivity index (χ4v) is 1.79. The van der Waals surface area contributed by atoms with E-state index >= 15 is 0 Å². The van der Waals surface area contributed by atoms with E-state index in [4.69, 9.17) is 4.74 Å². The van der Waals surface area contributed by atoms with E-state index in [1.54, 1.807) is 0 Å². The number of benzene rings is 1. The normalized spacial score (nSPS) is 15.5. The van der Waals surface area contributed by atoms with Crippen molar-refractivity contribution in [2.75, 3.05) is 0 Å². The van der Waals surface area contributed by atoms with Crippen LogP contribution < -0.4 is 17.0 Å². The maximum Gasteiger partial charge on any atom is 2.00 e. The molecule has 2 rings (SSSR count). The van der Waals surface area contributed by atoms with E-state index in [1.165, 1.54) is 31.2 Å². The molecule has 0 radical (unpaired) electrons. The molecule has 3 heteroatoms. The average Bonchev–Trinajstić information content (AvgIpc) is 2.69. The van der Waals surface area contributed by atoms with Gasteiger partial charge in [0.05, 0.1) is 6.10 Å². The van der Waals surface area contributed by atoms with Crippen molar-refractivity contribution in [1.29, 1.82) is 0 Å². The molecule has 0 heterocycles. The summed E-state index contributed by atoms with van der Waals surface area (Å²) in [6.07, 6.45) is 5.68. The number of ether oxygens (including phenoxy) is 1. The molecule has 0 saturated heterocycles. The van der Waals surface area contributed by atoms with Crippen LogP contribution in [0.25, 0.3) is 0 Å². The van der Waals surface area contributed by atoms with Crippen molar-refractivity contribution in [3.05, 3.63) is 35.9 Å². The Morgan fingerprint density at radius 3 is 2.67 bits per heavy atom. The summed E-state index contributed by atoms with van der Waals surface area (Å²) in [7, 11) is 0. The van der Waals surface area contributed by atoms with Crippen LogP contribution in [-0.4, -0.2) is 29.2 Å². The molecule has 0 amide bonds. The fourth-order valence-electron chi connectivity index (χ4n) is 1.79. The Kier molecular flexibility index (Phi) is 8.81. The first-order valence-corrected chi connectivity index (χ1v) is 5.02. The summed E-state index contributed by atoms with van der Waals surface area (Å²) in [6.45, 7) is 0.752. The quantitative estimate of drug-likeness (QED) is 0.539. The second-order valence-electron chi connectivity index (χ2n) is 3.63. The van der Waals surface area contributed by atoms with Crippen molar-refractivity contribution in [2.24, 2.45) is 0 Å². The topological polar surface area (TPSA) is 9.23 Å². The van der Waals surface area contributed by atoms with Gasteiger partial charge in [-0.3, -0.25) is 0 Å². The van der Waals surface area contributed by atoms with Gasteiger partial charge < -0.3 is 21.7 Å². The van der Waals surface area contributed by atoms with Gasteiger partial charge in [-0.15, -0.1) is 5.56 Å². The van der Waals surface area contributed by atoms with Gasteiger partial charge in [0.1, 0.15) is 0 Å². The Morgan fingerprint density at radius 1 is 1.33 bits per heavy atom. The summed E-state index contributed by atoms with van der Waals surface area (Å²) in [6, 6.07) is 11.1. The second-order valence-corrected chi connectivity index (χ2v) is 3.63. The molecule has 0 aromatic heterocycles. The molecule has 78 valence electrons. The Morgan fingerprint density at radius 2 is 2.07 bits per heavy atom.